The summed E-state index contributed by atoms with van der Waals surface area (Å²) in [6.45, 7) is 0.915. The van der Waals surface area contributed by atoms with Gasteiger partial charge in [0, 0.05) is 18.4 Å². The van der Waals surface area contributed by atoms with Gasteiger partial charge in [0.2, 0.25) is 0 Å². The van der Waals surface area contributed by atoms with Crippen molar-refractivity contribution in [1.29, 1.82) is 0 Å². The summed E-state index contributed by atoms with van der Waals surface area (Å²) in [4.78, 5) is 18.3. The number of amides is 1. The fraction of sp³-hybridized carbons (Fsp3) is 0.222. The summed E-state index contributed by atoms with van der Waals surface area (Å²) < 4.78 is 5.05. The molecule has 0 saturated heterocycles. The molecular weight excluding hydrogens is 346 g/mol. The number of ether oxygens (including phenoxy) is 1. The van der Waals surface area contributed by atoms with Gasteiger partial charge in [-0.15, -0.1) is 5.56 Å². The molecule has 1 heterocycles. The van der Waals surface area contributed by atoms with Crippen LogP contribution in [0, 0.1) is 0 Å². The van der Waals surface area contributed by atoms with Gasteiger partial charge in [0.15, 0.2) is 0 Å². The Balaban J connectivity index is 0.000000412. The van der Waals surface area contributed by atoms with Crippen LogP contribution in [0.15, 0.2) is 67.1 Å². The van der Waals surface area contributed by atoms with Gasteiger partial charge in [-0.3, -0.25) is 0 Å². The van der Waals surface area contributed by atoms with E-state index in [1.54, 1.807) is 12.5 Å². The van der Waals surface area contributed by atoms with Crippen LogP contribution in [0.25, 0.3) is 0 Å². The fourth-order valence-corrected chi connectivity index (χ4v) is 1.93. The third-order valence-corrected chi connectivity index (χ3v) is 3.10. The van der Waals surface area contributed by atoms with E-state index in [2.05, 4.69) is 15.3 Å². The van der Waals surface area contributed by atoms with E-state index in [0.717, 1.165) is 24.1 Å². The van der Waals surface area contributed by atoms with Gasteiger partial charge in [0.25, 0.3) is 0 Å². The molecule has 5 nitrogen and oxygen atoms in total. The van der Waals surface area contributed by atoms with Crippen LogP contribution < -0.4 is 5.32 Å². The first-order valence-electron chi connectivity index (χ1n) is 7.60. The van der Waals surface area contributed by atoms with E-state index in [1.807, 2.05) is 54.6 Å². The number of nitrogens with zero attached hydrogens (tertiary/aromatic N) is 1. The zero-order valence-electron chi connectivity index (χ0n) is 13.3. The Morgan fingerprint density at radius 1 is 1.25 bits per heavy atom. The van der Waals surface area contributed by atoms with Crippen molar-refractivity contribution in [2.24, 2.45) is 0 Å². The standard InChI is InChI=1S/C13H16N3O2.C5H5.Fe/c17-13(15-8-11-4-1-2-5-11)18-7-3-6-12-9-14-10-16-12;1-2-4-5-3-1;/h1-2,4-5,9-10H,3,6-8H2,(H,14,16)(H,15,17);1-5H;/q2*-1;+4. The number of aromatic amines is 1. The third-order valence-electron chi connectivity index (χ3n) is 3.10. The fourth-order valence-electron chi connectivity index (χ4n) is 1.93. The van der Waals surface area contributed by atoms with Crippen LogP contribution in [-0.2, 0) is 34.8 Å². The first-order valence-corrected chi connectivity index (χ1v) is 7.60. The Labute approximate surface area is 152 Å². The SMILES string of the molecule is O=C(NCc1ccc[cH-]1)OCCCc1cnc[nH]1.[Fe+4].c1cc[cH-]c1. The van der Waals surface area contributed by atoms with E-state index >= 15 is 0 Å². The predicted molar refractivity (Wildman–Crippen MR) is 89.2 cm³/mol. The second-order valence-electron chi connectivity index (χ2n) is 4.93. The molecule has 0 aliphatic heterocycles. The van der Waals surface area contributed by atoms with Crippen LogP contribution in [0.1, 0.15) is 17.7 Å². The number of rotatable bonds is 6. The number of aromatic nitrogens is 2. The van der Waals surface area contributed by atoms with E-state index in [9.17, 15) is 4.79 Å². The van der Waals surface area contributed by atoms with Crippen LogP contribution in [-0.4, -0.2) is 22.7 Å². The van der Waals surface area contributed by atoms with E-state index in [1.165, 1.54) is 0 Å². The minimum absolute atomic E-state index is 0. The van der Waals surface area contributed by atoms with Crippen LogP contribution in [0.2, 0.25) is 0 Å². The number of carbonyl (C=O) groups is 1. The molecule has 126 valence electrons. The second kappa shape index (κ2) is 12.2. The van der Waals surface area contributed by atoms with Gasteiger partial charge < -0.3 is 15.0 Å². The first-order chi connectivity index (χ1) is 11.3. The molecule has 3 rings (SSSR count). The average molecular weight is 367 g/mol. The molecule has 0 aliphatic rings. The number of imidazole rings is 1. The Bertz CT molecular complexity index is 602. The Morgan fingerprint density at radius 3 is 2.67 bits per heavy atom. The summed E-state index contributed by atoms with van der Waals surface area (Å²) in [5, 5.41) is 2.70. The van der Waals surface area contributed by atoms with Crippen LogP contribution in [0.5, 0.6) is 0 Å². The number of carbonyl (C=O) groups excluding carboxylic acids is 1. The average Bonchev–Trinajstić information content (AvgIpc) is 3.34. The van der Waals surface area contributed by atoms with Crippen molar-refractivity contribution in [2.75, 3.05) is 6.61 Å². The van der Waals surface area contributed by atoms with E-state index in [-0.39, 0.29) is 23.2 Å². The van der Waals surface area contributed by atoms with Gasteiger partial charge >= 0.3 is 23.2 Å². The number of alkyl carbamates (subject to hydrolysis) is 1. The molecule has 6 heteroatoms. The minimum Gasteiger partial charge on any atom is -0.450 e. The Morgan fingerprint density at radius 2 is 2.08 bits per heavy atom. The first kappa shape index (κ1) is 19.7. The summed E-state index contributed by atoms with van der Waals surface area (Å²) >= 11 is 0. The number of H-pyrrole nitrogens is 1. The topological polar surface area (TPSA) is 67.0 Å². The summed E-state index contributed by atoms with van der Waals surface area (Å²) in [6.07, 6.45) is 4.65. The van der Waals surface area contributed by atoms with Crippen LogP contribution in [0.3, 0.4) is 0 Å². The van der Waals surface area contributed by atoms with Gasteiger partial charge in [-0.1, -0.05) is 0 Å². The molecule has 0 unspecified atom stereocenters. The van der Waals surface area contributed by atoms with Gasteiger partial charge in [-0.25, -0.2) is 34.0 Å². The normalized spacial score (nSPS) is 9.33. The van der Waals surface area contributed by atoms with Gasteiger partial charge in [0.05, 0.1) is 12.9 Å². The van der Waals surface area contributed by atoms with Crippen molar-refractivity contribution in [1.82, 2.24) is 15.3 Å². The maximum Gasteiger partial charge on any atom is 4.00 e. The summed E-state index contributed by atoms with van der Waals surface area (Å²) in [7, 11) is 0. The van der Waals surface area contributed by atoms with Crippen molar-refractivity contribution in [3.05, 3.63) is 78.4 Å². The zero-order valence-corrected chi connectivity index (χ0v) is 14.4. The smallest absolute Gasteiger partial charge is 0.450 e. The number of nitrogens with one attached hydrogen (secondary N) is 2. The van der Waals surface area contributed by atoms with Gasteiger partial charge in [0.1, 0.15) is 0 Å². The van der Waals surface area contributed by atoms with Gasteiger partial charge in [-0.2, -0.15) is 30.3 Å². The molecule has 2 aromatic carbocycles. The summed E-state index contributed by atoms with van der Waals surface area (Å²) in [5.41, 5.74) is 2.13. The van der Waals surface area contributed by atoms with E-state index in [0.29, 0.717) is 13.2 Å². The molecule has 0 fully saturated rings. The molecule has 0 radical (unpaired) electrons. The monoisotopic (exact) mass is 367 g/mol. The number of hydrogen-bond acceptors (Lipinski definition) is 3. The molecule has 1 aromatic heterocycles. The molecule has 0 aliphatic carbocycles. The quantitative estimate of drug-likeness (QED) is 0.399. The van der Waals surface area contributed by atoms with Crippen LogP contribution >= 0.6 is 0 Å². The third kappa shape index (κ3) is 8.36. The van der Waals surface area contributed by atoms with E-state index < -0.39 is 0 Å². The minimum atomic E-state index is -0.374. The zero-order chi connectivity index (χ0) is 16.2. The molecule has 2 N–H and O–H groups in total. The molecule has 0 saturated carbocycles. The van der Waals surface area contributed by atoms with Crippen molar-refractivity contribution < 1.29 is 26.6 Å². The molecule has 3 aromatic rings. The van der Waals surface area contributed by atoms with Crippen LogP contribution in [0.4, 0.5) is 4.79 Å². The Kier molecular flexibility index (Phi) is 10.0. The van der Waals surface area contributed by atoms with Gasteiger partial charge in [-0.05, 0) is 12.8 Å². The summed E-state index contributed by atoms with van der Waals surface area (Å²) in [5.74, 6) is 0. The van der Waals surface area contributed by atoms with Crippen molar-refractivity contribution in [2.45, 2.75) is 19.4 Å². The maximum absolute atomic E-state index is 11.3. The summed E-state index contributed by atoms with van der Waals surface area (Å²) in [6, 6.07) is 17.8. The van der Waals surface area contributed by atoms with Crippen molar-refractivity contribution in [3.63, 3.8) is 0 Å². The molecule has 0 atom stereocenters. The second-order valence-corrected chi connectivity index (χ2v) is 4.93. The number of aryl methyl sites for hydroxylation is 1. The molecule has 0 spiro atoms. The molecule has 0 bridgehead atoms. The largest absolute Gasteiger partial charge is 4.00 e. The molecule has 24 heavy (non-hydrogen) atoms. The molecule has 1 amide bonds. The predicted octanol–water partition coefficient (Wildman–Crippen LogP) is 3.39. The Hall–Kier alpha value is -2.30. The van der Waals surface area contributed by atoms with Crippen molar-refractivity contribution in [3.8, 4) is 0 Å². The van der Waals surface area contributed by atoms with E-state index in [4.69, 9.17) is 4.74 Å². The van der Waals surface area contributed by atoms with Crippen molar-refractivity contribution >= 4 is 6.09 Å². The number of hydrogen-bond donors (Lipinski definition) is 2. The maximum atomic E-state index is 11.3. The molecular formula is C18H21FeN3O2+2.